The first-order chi connectivity index (χ1) is 5.79. The summed E-state index contributed by atoms with van der Waals surface area (Å²) in [6.45, 7) is 0.629. The lowest BCUT2D eigenvalue weighted by Gasteiger charge is -2.09. The predicted octanol–water partition coefficient (Wildman–Crippen LogP) is -0.487. The summed E-state index contributed by atoms with van der Waals surface area (Å²) in [5.41, 5.74) is 5.55. The number of primary amides is 1. The Morgan fingerprint density at radius 2 is 2.58 bits per heavy atom. The second-order valence-electron chi connectivity index (χ2n) is 2.49. The van der Waals surface area contributed by atoms with E-state index in [1.54, 1.807) is 17.0 Å². The monoisotopic (exact) mass is 164 g/mol. The van der Waals surface area contributed by atoms with Gasteiger partial charge in [0, 0.05) is 12.4 Å². The quantitative estimate of drug-likeness (QED) is 0.588. The zero-order valence-corrected chi connectivity index (χ0v) is 6.32. The average Bonchev–Trinajstić information content (AvgIpc) is 2.47. The highest BCUT2D eigenvalue weighted by molar-refractivity contribution is 5.91. The summed E-state index contributed by atoms with van der Waals surface area (Å²) in [5.74, 6) is 0.339. The van der Waals surface area contributed by atoms with Crippen molar-refractivity contribution in [3.63, 3.8) is 0 Å². The standard InChI is InChI=1S/C7H8N4O/c8-7(12)5-3-10-6-4-9-1-2-11(5)6/h1-3,9H,4H2,(H2,8,12). The number of amides is 1. The molecule has 0 saturated carbocycles. The summed E-state index contributed by atoms with van der Waals surface area (Å²) >= 11 is 0. The number of nitrogens with two attached hydrogens (primary N) is 1. The van der Waals surface area contributed by atoms with E-state index in [1.807, 2.05) is 0 Å². The largest absolute Gasteiger partial charge is 0.382 e. The van der Waals surface area contributed by atoms with Gasteiger partial charge in [-0.15, -0.1) is 0 Å². The molecule has 3 N–H and O–H groups in total. The summed E-state index contributed by atoms with van der Waals surface area (Å²) in [6, 6.07) is 0. The van der Waals surface area contributed by atoms with E-state index in [9.17, 15) is 4.79 Å². The summed E-state index contributed by atoms with van der Waals surface area (Å²) in [4.78, 5) is 14.9. The van der Waals surface area contributed by atoms with Crippen LogP contribution in [0.4, 0.5) is 0 Å². The minimum absolute atomic E-state index is 0.419. The molecule has 0 atom stereocenters. The molecule has 0 saturated heterocycles. The maximum absolute atomic E-state index is 10.8. The van der Waals surface area contributed by atoms with Gasteiger partial charge in [-0.2, -0.15) is 0 Å². The molecule has 0 bridgehead atoms. The van der Waals surface area contributed by atoms with Crippen molar-refractivity contribution in [3.05, 3.63) is 23.9 Å². The maximum Gasteiger partial charge on any atom is 0.267 e. The van der Waals surface area contributed by atoms with Crippen molar-refractivity contribution in [3.8, 4) is 0 Å². The molecule has 0 aliphatic carbocycles. The number of nitrogens with one attached hydrogen (secondary N) is 1. The molecular weight excluding hydrogens is 156 g/mol. The Kier molecular flexibility index (Phi) is 1.36. The molecule has 5 nitrogen and oxygen atoms in total. The molecule has 0 spiro atoms. The molecule has 5 heteroatoms. The van der Waals surface area contributed by atoms with E-state index in [2.05, 4.69) is 10.3 Å². The topological polar surface area (TPSA) is 72.9 Å². The van der Waals surface area contributed by atoms with Crippen LogP contribution in [0.15, 0.2) is 12.4 Å². The zero-order chi connectivity index (χ0) is 8.55. The van der Waals surface area contributed by atoms with Crippen molar-refractivity contribution in [1.29, 1.82) is 0 Å². The van der Waals surface area contributed by atoms with Crippen LogP contribution in [0.1, 0.15) is 16.3 Å². The van der Waals surface area contributed by atoms with Crippen molar-refractivity contribution in [2.45, 2.75) is 6.54 Å². The van der Waals surface area contributed by atoms with Gasteiger partial charge in [-0.25, -0.2) is 4.98 Å². The zero-order valence-electron chi connectivity index (χ0n) is 6.32. The molecule has 0 radical (unpaired) electrons. The average molecular weight is 164 g/mol. The number of nitrogens with zero attached hydrogens (tertiary/aromatic N) is 2. The predicted molar refractivity (Wildman–Crippen MR) is 42.9 cm³/mol. The minimum Gasteiger partial charge on any atom is -0.382 e. The van der Waals surface area contributed by atoms with E-state index >= 15 is 0 Å². The highest BCUT2D eigenvalue weighted by Gasteiger charge is 2.13. The molecule has 2 rings (SSSR count). The van der Waals surface area contributed by atoms with Crippen molar-refractivity contribution < 1.29 is 4.79 Å². The van der Waals surface area contributed by atoms with Gasteiger partial charge in [0.05, 0.1) is 12.7 Å². The van der Waals surface area contributed by atoms with Gasteiger partial charge in [-0.3, -0.25) is 9.36 Å². The van der Waals surface area contributed by atoms with Gasteiger partial charge in [0.1, 0.15) is 11.5 Å². The Labute approximate surface area is 68.9 Å². The molecule has 1 aliphatic heterocycles. The van der Waals surface area contributed by atoms with Gasteiger partial charge in [0.25, 0.3) is 5.91 Å². The van der Waals surface area contributed by atoms with E-state index in [1.165, 1.54) is 6.20 Å². The van der Waals surface area contributed by atoms with Crippen LogP contribution in [0.2, 0.25) is 0 Å². The number of aromatic nitrogens is 2. The summed E-state index contributed by atoms with van der Waals surface area (Å²) in [5, 5.41) is 2.98. The third-order valence-electron chi connectivity index (χ3n) is 1.73. The lowest BCUT2D eigenvalue weighted by molar-refractivity contribution is 0.0994. The molecular formula is C7H8N4O. The Balaban J connectivity index is 2.54. The van der Waals surface area contributed by atoms with Crippen LogP contribution >= 0.6 is 0 Å². The lowest BCUT2D eigenvalue weighted by atomic mass is 10.4. The number of fused-ring (bicyclic) bond motifs is 1. The van der Waals surface area contributed by atoms with Crippen LogP contribution in [-0.4, -0.2) is 15.5 Å². The Morgan fingerprint density at radius 3 is 3.33 bits per heavy atom. The number of rotatable bonds is 1. The second kappa shape index (κ2) is 2.37. The second-order valence-corrected chi connectivity index (χ2v) is 2.49. The van der Waals surface area contributed by atoms with Gasteiger partial charge < -0.3 is 11.1 Å². The third kappa shape index (κ3) is 0.868. The molecule has 2 heterocycles. The summed E-state index contributed by atoms with van der Waals surface area (Å²) in [6.07, 6.45) is 4.96. The minimum atomic E-state index is -0.458. The first-order valence-corrected chi connectivity index (χ1v) is 3.55. The van der Waals surface area contributed by atoms with Crippen molar-refractivity contribution >= 4 is 12.1 Å². The van der Waals surface area contributed by atoms with Crippen LogP contribution in [0.3, 0.4) is 0 Å². The summed E-state index contributed by atoms with van der Waals surface area (Å²) < 4.78 is 1.68. The lowest BCUT2D eigenvalue weighted by Crippen LogP contribution is -2.20. The number of hydrogen-bond donors (Lipinski definition) is 2. The smallest absolute Gasteiger partial charge is 0.267 e. The highest BCUT2D eigenvalue weighted by atomic mass is 16.1. The van der Waals surface area contributed by atoms with Crippen molar-refractivity contribution in [2.75, 3.05) is 0 Å². The fourth-order valence-corrected chi connectivity index (χ4v) is 1.16. The van der Waals surface area contributed by atoms with Crippen LogP contribution in [-0.2, 0) is 6.54 Å². The van der Waals surface area contributed by atoms with Crippen LogP contribution in [0, 0.1) is 0 Å². The normalized spacial score (nSPS) is 13.7. The van der Waals surface area contributed by atoms with Gasteiger partial charge in [-0.05, 0) is 0 Å². The molecule has 62 valence electrons. The first kappa shape index (κ1) is 6.90. The fraction of sp³-hybridized carbons (Fsp3) is 0.143. The Morgan fingerprint density at radius 1 is 1.75 bits per heavy atom. The van der Waals surface area contributed by atoms with Gasteiger partial charge in [-0.1, -0.05) is 0 Å². The number of carbonyl (C=O) groups excluding carboxylic acids is 1. The highest BCUT2D eigenvalue weighted by Crippen LogP contribution is 2.08. The molecule has 0 aromatic carbocycles. The Hall–Kier alpha value is -1.78. The van der Waals surface area contributed by atoms with Crippen LogP contribution < -0.4 is 11.1 Å². The van der Waals surface area contributed by atoms with Crippen LogP contribution in [0.25, 0.3) is 6.20 Å². The molecule has 1 amide bonds. The van der Waals surface area contributed by atoms with E-state index in [4.69, 9.17) is 5.73 Å². The molecule has 1 aromatic rings. The molecule has 1 aliphatic rings. The molecule has 0 unspecified atom stereocenters. The van der Waals surface area contributed by atoms with Gasteiger partial charge in [0.15, 0.2) is 0 Å². The van der Waals surface area contributed by atoms with E-state index in [0.29, 0.717) is 12.2 Å². The number of imidazole rings is 1. The molecule has 12 heavy (non-hydrogen) atoms. The van der Waals surface area contributed by atoms with Crippen molar-refractivity contribution in [1.82, 2.24) is 14.9 Å². The molecule has 0 fully saturated rings. The third-order valence-corrected chi connectivity index (χ3v) is 1.73. The number of hydrogen-bond acceptors (Lipinski definition) is 3. The van der Waals surface area contributed by atoms with Gasteiger partial charge in [0.2, 0.25) is 0 Å². The Bertz CT molecular complexity index is 352. The van der Waals surface area contributed by atoms with E-state index in [-0.39, 0.29) is 0 Å². The van der Waals surface area contributed by atoms with Gasteiger partial charge >= 0.3 is 0 Å². The maximum atomic E-state index is 10.8. The van der Waals surface area contributed by atoms with E-state index < -0.39 is 5.91 Å². The molecule has 1 aromatic heterocycles. The fourth-order valence-electron chi connectivity index (χ4n) is 1.16. The van der Waals surface area contributed by atoms with Crippen molar-refractivity contribution in [2.24, 2.45) is 5.73 Å². The van der Waals surface area contributed by atoms with E-state index in [0.717, 1.165) is 5.82 Å². The SMILES string of the molecule is NC(=O)c1cnc2n1C=CNC2. The number of carbonyl (C=O) groups is 1. The summed E-state index contributed by atoms with van der Waals surface area (Å²) in [7, 11) is 0. The first-order valence-electron chi connectivity index (χ1n) is 3.55. The van der Waals surface area contributed by atoms with Crippen LogP contribution in [0.5, 0.6) is 0 Å².